The number of benzene rings is 1. The van der Waals surface area contributed by atoms with Crippen LogP contribution in [0.3, 0.4) is 0 Å². The largest absolute Gasteiger partial charge is 0.243 e. The van der Waals surface area contributed by atoms with Gasteiger partial charge in [-0.1, -0.05) is 40.9 Å². The van der Waals surface area contributed by atoms with Crippen LogP contribution in [0.5, 0.6) is 0 Å². The molecule has 0 aliphatic carbocycles. The maximum atomic E-state index is 12.5. The first kappa shape index (κ1) is 17.4. The first-order chi connectivity index (χ1) is 8.93. The van der Waals surface area contributed by atoms with Gasteiger partial charge in [-0.15, -0.1) is 0 Å². The van der Waals surface area contributed by atoms with E-state index < -0.39 is 10.0 Å². The van der Waals surface area contributed by atoms with Crippen molar-refractivity contribution in [2.75, 3.05) is 18.4 Å². The summed E-state index contributed by atoms with van der Waals surface area (Å²) in [5, 5.41) is 1.12. The third kappa shape index (κ3) is 4.70. The molecule has 0 unspecified atom stereocenters. The van der Waals surface area contributed by atoms with E-state index in [2.05, 4.69) is 31.9 Å². The zero-order chi connectivity index (χ0) is 14.5. The Morgan fingerprint density at radius 1 is 1.32 bits per heavy atom. The predicted octanol–water partition coefficient (Wildman–Crippen LogP) is 4.29. The lowest BCUT2D eigenvalue weighted by molar-refractivity contribution is 0.422. The summed E-state index contributed by atoms with van der Waals surface area (Å²) in [5.41, 5.74) is 0. The summed E-state index contributed by atoms with van der Waals surface area (Å²) < 4.78 is 27.2. The Labute approximate surface area is 136 Å². The molecule has 1 aromatic rings. The van der Waals surface area contributed by atoms with E-state index in [-0.39, 0.29) is 4.90 Å². The van der Waals surface area contributed by atoms with Crippen LogP contribution in [0.25, 0.3) is 0 Å². The summed E-state index contributed by atoms with van der Waals surface area (Å²) in [4.78, 5) is 0.265. The Hall–Kier alpha value is 0.380. The number of hydrogen-bond donors (Lipinski definition) is 0. The van der Waals surface area contributed by atoms with Crippen LogP contribution in [-0.2, 0) is 10.0 Å². The van der Waals surface area contributed by atoms with E-state index >= 15 is 0 Å². The fourth-order valence-electron chi connectivity index (χ4n) is 1.57. The van der Waals surface area contributed by atoms with Gasteiger partial charge in [-0.25, -0.2) is 8.42 Å². The van der Waals surface area contributed by atoms with Gasteiger partial charge < -0.3 is 0 Å². The monoisotopic (exact) mass is 431 g/mol. The van der Waals surface area contributed by atoms with Gasteiger partial charge in [0.1, 0.15) is 0 Å². The van der Waals surface area contributed by atoms with E-state index in [1.807, 2.05) is 6.92 Å². The highest BCUT2D eigenvalue weighted by Crippen LogP contribution is 2.27. The van der Waals surface area contributed by atoms with Crippen LogP contribution in [0.2, 0.25) is 5.02 Å². The van der Waals surface area contributed by atoms with Gasteiger partial charge in [-0.2, -0.15) is 4.31 Å². The zero-order valence-corrected chi connectivity index (χ0v) is 15.3. The number of sulfonamides is 1. The Bertz CT molecular complexity index is 522. The molecule has 0 saturated carbocycles. The molecule has 0 bridgehead atoms. The van der Waals surface area contributed by atoms with Crippen molar-refractivity contribution in [2.45, 2.75) is 24.7 Å². The maximum Gasteiger partial charge on any atom is 0.243 e. The number of hydrogen-bond acceptors (Lipinski definition) is 2. The summed E-state index contributed by atoms with van der Waals surface area (Å²) in [6, 6.07) is 4.67. The number of nitrogens with zero attached hydrogens (tertiary/aromatic N) is 1. The highest BCUT2D eigenvalue weighted by molar-refractivity contribution is 9.10. The van der Waals surface area contributed by atoms with Gasteiger partial charge in [0.05, 0.1) is 9.92 Å². The molecule has 0 amide bonds. The van der Waals surface area contributed by atoms with Crippen LogP contribution < -0.4 is 0 Å². The molecule has 0 spiro atoms. The smallest absolute Gasteiger partial charge is 0.207 e. The number of rotatable bonds is 7. The van der Waals surface area contributed by atoms with Gasteiger partial charge in [0.15, 0.2) is 0 Å². The van der Waals surface area contributed by atoms with Crippen LogP contribution in [-0.4, -0.2) is 31.1 Å². The molecule has 0 aromatic heterocycles. The van der Waals surface area contributed by atoms with Crippen LogP contribution in [0, 0.1) is 0 Å². The normalized spacial score (nSPS) is 12.1. The molecule has 0 fully saturated rings. The Balaban J connectivity index is 3.07. The number of unbranched alkanes of at least 4 members (excludes halogenated alkanes) is 1. The van der Waals surface area contributed by atoms with E-state index in [1.54, 1.807) is 12.1 Å². The van der Waals surface area contributed by atoms with Crippen molar-refractivity contribution in [2.24, 2.45) is 0 Å². The molecule has 0 N–H and O–H groups in total. The van der Waals surface area contributed by atoms with Crippen LogP contribution in [0.4, 0.5) is 0 Å². The molecule has 0 atom stereocenters. The second-order valence-electron chi connectivity index (χ2n) is 4.02. The molecule has 108 valence electrons. The lowest BCUT2D eigenvalue weighted by atomic mass is 10.3. The SMILES string of the molecule is CCCCN(CCBr)S(=O)(=O)c1ccc(Cl)c(Br)c1. The summed E-state index contributed by atoms with van der Waals surface area (Å²) in [5.74, 6) is 0. The number of alkyl halides is 1. The van der Waals surface area contributed by atoms with E-state index in [0.717, 1.165) is 12.8 Å². The van der Waals surface area contributed by atoms with Crippen molar-refractivity contribution in [3.8, 4) is 0 Å². The predicted molar refractivity (Wildman–Crippen MR) is 86.6 cm³/mol. The van der Waals surface area contributed by atoms with Crippen LogP contribution in [0.1, 0.15) is 19.8 Å². The van der Waals surface area contributed by atoms with E-state index in [1.165, 1.54) is 10.4 Å². The molecule has 0 radical (unpaired) electrons. The summed E-state index contributed by atoms with van der Waals surface area (Å²) >= 11 is 12.4. The molecule has 19 heavy (non-hydrogen) atoms. The van der Waals surface area contributed by atoms with Crippen molar-refractivity contribution >= 4 is 53.5 Å². The molecule has 3 nitrogen and oxygen atoms in total. The molecular weight excluding hydrogens is 417 g/mol. The van der Waals surface area contributed by atoms with Crippen molar-refractivity contribution in [1.82, 2.24) is 4.31 Å². The highest BCUT2D eigenvalue weighted by atomic mass is 79.9. The quantitative estimate of drug-likeness (QED) is 0.602. The third-order valence-electron chi connectivity index (χ3n) is 2.62. The first-order valence-electron chi connectivity index (χ1n) is 5.94. The average Bonchev–Trinajstić information content (AvgIpc) is 2.37. The number of halogens is 3. The average molecular weight is 434 g/mol. The summed E-state index contributed by atoms with van der Waals surface area (Å²) in [6.07, 6.45) is 1.81. The van der Waals surface area contributed by atoms with Crippen molar-refractivity contribution in [1.29, 1.82) is 0 Å². The summed E-state index contributed by atoms with van der Waals surface area (Å²) in [6.45, 7) is 3.03. The minimum absolute atomic E-state index is 0.265. The van der Waals surface area contributed by atoms with Crippen LogP contribution >= 0.6 is 43.5 Å². The van der Waals surface area contributed by atoms with Gasteiger partial charge in [0.25, 0.3) is 0 Å². The molecule has 0 heterocycles. The lowest BCUT2D eigenvalue weighted by Gasteiger charge is -2.21. The van der Waals surface area contributed by atoms with Gasteiger partial charge in [0.2, 0.25) is 10.0 Å². The molecule has 1 aromatic carbocycles. The minimum Gasteiger partial charge on any atom is -0.207 e. The van der Waals surface area contributed by atoms with Gasteiger partial charge in [0, 0.05) is 22.9 Å². The van der Waals surface area contributed by atoms with E-state index in [9.17, 15) is 8.42 Å². The van der Waals surface area contributed by atoms with Gasteiger partial charge in [-0.3, -0.25) is 0 Å². The third-order valence-corrected chi connectivity index (χ3v) is 6.09. The Morgan fingerprint density at radius 3 is 2.53 bits per heavy atom. The fourth-order valence-corrected chi connectivity index (χ4v) is 4.38. The van der Waals surface area contributed by atoms with Crippen LogP contribution in [0.15, 0.2) is 27.6 Å². The maximum absolute atomic E-state index is 12.5. The Morgan fingerprint density at radius 2 is 2.00 bits per heavy atom. The van der Waals surface area contributed by atoms with Crippen molar-refractivity contribution < 1.29 is 8.42 Å². The standard InChI is InChI=1S/C12H16Br2ClNO2S/c1-2-3-7-16(8-6-13)19(17,18)10-4-5-12(15)11(14)9-10/h4-5,9H,2-3,6-8H2,1H3. The minimum atomic E-state index is -3.46. The van der Waals surface area contributed by atoms with Crippen molar-refractivity contribution in [3.05, 3.63) is 27.7 Å². The first-order valence-corrected chi connectivity index (χ1v) is 9.68. The van der Waals surface area contributed by atoms with E-state index in [0.29, 0.717) is 27.9 Å². The second-order valence-corrected chi connectivity index (χ2v) is 8.02. The van der Waals surface area contributed by atoms with Gasteiger partial charge in [-0.05, 0) is 40.5 Å². The molecule has 0 saturated heterocycles. The van der Waals surface area contributed by atoms with Crippen molar-refractivity contribution in [3.63, 3.8) is 0 Å². The molecular formula is C12H16Br2ClNO2S. The van der Waals surface area contributed by atoms with Gasteiger partial charge >= 0.3 is 0 Å². The van der Waals surface area contributed by atoms with E-state index in [4.69, 9.17) is 11.6 Å². The molecule has 7 heteroatoms. The fraction of sp³-hybridized carbons (Fsp3) is 0.500. The molecule has 0 aliphatic rings. The molecule has 0 aliphatic heterocycles. The highest BCUT2D eigenvalue weighted by Gasteiger charge is 2.23. The second kappa shape index (κ2) is 7.98. The zero-order valence-electron chi connectivity index (χ0n) is 10.6. The lowest BCUT2D eigenvalue weighted by Crippen LogP contribution is -2.33. The topological polar surface area (TPSA) is 37.4 Å². The molecule has 1 rings (SSSR count). The Kier molecular flexibility index (Phi) is 7.32. The summed E-state index contributed by atoms with van der Waals surface area (Å²) in [7, 11) is -3.46.